The Morgan fingerprint density at radius 3 is 2.55 bits per heavy atom. The molecule has 2 amide bonds. The first-order valence-corrected chi connectivity index (χ1v) is 11.5. The van der Waals surface area contributed by atoms with Crippen LogP contribution in [0.25, 0.3) is 0 Å². The second-order valence-electron chi connectivity index (χ2n) is 8.90. The number of carbonyl (C=O) groups is 2. The summed E-state index contributed by atoms with van der Waals surface area (Å²) in [7, 11) is 0. The molecular weight excluding hydrogens is 398 g/mol. The molecule has 0 radical (unpaired) electrons. The second kappa shape index (κ2) is 9.10. The molecule has 0 bridgehead atoms. The van der Waals surface area contributed by atoms with E-state index in [1.165, 1.54) is 18.4 Å². The second-order valence-corrected chi connectivity index (χ2v) is 8.90. The van der Waals surface area contributed by atoms with Gasteiger partial charge < -0.3 is 19.7 Å². The monoisotopic (exact) mass is 429 g/mol. The Kier molecular flexibility index (Phi) is 6.06. The number of anilines is 1. The third-order valence-corrected chi connectivity index (χ3v) is 6.53. The first-order valence-electron chi connectivity index (χ1n) is 11.5. The number of pyridine rings is 1. The number of hydrogen-bond acceptors (Lipinski definition) is 7. The van der Waals surface area contributed by atoms with E-state index in [4.69, 9.17) is 9.47 Å². The molecule has 168 valence electrons. The summed E-state index contributed by atoms with van der Waals surface area (Å²) in [5.74, 6) is 0.359. The summed E-state index contributed by atoms with van der Waals surface area (Å²) in [5, 5.41) is 5.23. The predicted molar refractivity (Wildman–Crippen MR) is 114 cm³/mol. The Labute approximate surface area is 182 Å². The van der Waals surface area contributed by atoms with Gasteiger partial charge in [0.1, 0.15) is 6.04 Å². The molecule has 9 nitrogen and oxygen atoms in total. The Balaban J connectivity index is 1.31. The highest BCUT2D eigenvalue weighted by atomic mass is 16.5. The number of carbonyl (C=O) groups excluding carboxylic acids is 2. The van der Waals surface area contributed by atoms with Gasteiger partial charge in [0.05, 0.1) is 38.2 Å². The summed E-state index contributed by atoms with van der Waals surface area (Å²) in [4.78, 5) is 32.7. The molecule has 0 spiro atoms. The SMILES string of the molecule is O=C(NN1CCCCC1C(=O)N1CCOCC1)c1ncc(C2CC2)cc1NC1COC1. The number of rotatable bonds is 6. The lowest BCUT2D eigenvalue weighted by Crippen LogP contribution is -2.58. The first-order chi connectivity index (χ1) is 15.2. The fourth-order valence-electron chi connectivity index (χ4n) is 4.45. The van der Waals surface area contributed by atoms with Crippen molar-refractivity contribution in [3.8, 4) is 0 Å². The average Bonchev–Trinajstić information content (AvgIpc) is 3.62. The third-order valence-electron chi connectivity index (χ3n) is 6.53. The minimum absolute atomic E-state index is 0.0744. The van der Waals surface area contributed by atoms with Crippen LogP contribution in [0.3, 0.4) is 0 Å². The molecule has 1 aromatic heterocycles. The topological polar surface area (TPSA) is 96.0 Å². The molecule has 1 aromatic rings. The fourth-order valence-corrected chi connectivity index (χ4v) is 4.45. The number of aromatic nitrogens is 1. The number of morpholine rings is 1. The van der Waals surface area contributed by atoms with Gasteiger partial charge in [0.25, 0.3) is 5.91 Å². The first kappa shape index (κ1) is 20.7. The number of hydrazine groups is 1. The van der Waals surface area contributed by atoms with Crippen LogP contribution in [-0.4, -0.2) is 84.9 Å². The van der Waals surface area contributed by atoms with Crippen LogP contribution in [-0.2, 0) is 14.3 Å². The van der Waals surface area contributed by atoms with Crippen molar-refractivity contribution in [1.82, 2.24) is 20.3 Å². The highest BCUT2D eigenvalue weighted by molar-refractivity contribution is 5.97. The molecule has 3 saturated heterocycles. The Hall–Kier alpha value is -2.23. The summed E-state index contributed by atoms with van der Waals surface area (Å²) >= 11 is 0. The minimum atomic E-state index is -0.335. The van der Waals surface area contributed by atoms with E-state index < -0.39 is 0 Å². The van der Waals surface area contributed by atoms with Crippen LogP contribution >= 0.6 is 0 Å². The van der Waals surface area contributed by atoms with Gasteiger partial charge in [-0.25, -0.2) is 9.99 Å². The molecule has 1 unspecified atom stereocenters. The number of nitrogens with zero attached hydrogens (tertiary/aromatic N) is 3. The van der Waals surface area contributed by atoms with Crippen LogP contribution in [0.5, 0.6) is 0 Å². The zero-order chi connectivity index (χ0) is 21.2. The maximum Gasteiger partial charge on any atom is 0.286 e. The number of ether oxygens (including phenoxy) is 2. The molecule has 4 fully saturated rings. The van der Waals surface area contributed by atoms with Crippen LogP contribution in [0.15, 0.2) is 12.3 Å². The van der Waals surface area contributed by atoms with E-state index in [9.17, 15) is 9.59 Å². The summed E-state index contributed by atoms with van der Waals surface area (Å²) in [6.45, 7) is 4.29. The lowest BCUT2D eigenvalue weighted by Gasteiger charge is -2.38. The standard InChI is InChI=1S/C22H31N5O4/c28-21(20-18(24-17-13-31-14-17)11-16(12-23-20)15-4-5-15)25-27-6-2-1-3-19(27)22(29)26-7-9-30-10-8-26/h11-12,15,17,19,24H,1-10,13-14H2,(H,25,28). The number of nitrogens with one attached hydrogen (secondary N) is 2. The van der Waals surface area contributed by atoms with Crippen molar-refractivity contribution < 1.29 is 19.1 Å². The van der Waals surface area contributed by atoms with Gasteiger partial charge in [-0.05, 0) is 49.7 Å². The van der Waals surface area contributed by atoms with E-state index in [1.807, 2.05) is 16.1 Å². The normalized spacial score (nSPS) is 25.0. The minimum Gasteiger partial charge on any atom is -0.378 e. The van der Waals surface area contributed by atoms with Crippen LogP contribution in [0.1, 0.15) is 54.1 Å². The van der Waals surface area contributed by atoms with Gasteiger partial charge in [0.2, 0.25) is 5.91 Å². The van der Waals surface area contributed by atoms with Crippen LogP contribution in [0.4, 0.5) is 5.69 Å². The van der Waals surface area contributed by atoms with E-state index in [0.717, 1.165) is 24.9 Å². The number of amides is 2. The molecular formula is C22H31N5O4. The van der Waals surface area contributed by atoms with Gasteiger partial charge in [-0.15, -0.1) is 0 Å². The van der Waals surface area contributed by atoms with Crippen molar-refractivity contribution in [2.75, 3.05) is 51.4 Å². The molecule has 1 saturated carbocycles. The quantitative estimate of drug-likeness (QED) is 0.700. The molecule has 1 atom stereocenters. The van der Waals surface area contributed by atoms with E-state index in [0.29, 0.717) is 57.7 Å². The molecule has 4 heterocycles. The molecule has 0 aromatic carbocycles. The van der Waals surface area contributed by atoms with Gasteiger partial charge in [-0.2, -0.15) is 0 Å². The van der Waals surface area contributed by atoms with Gasteiger partial charge >= 0.3 is 0 Å². The highest BCUT2D eigenvalue weighted by Crippen LogP contribution is 2.41. The maximum atomic E-state index is 13.2. The molecule has 31 heavy (non-hydrogen) atoms. The molecule has 9 heteroatoms. The van der Waals surface area contributed by atoms with Crippen molar-refractivity contribution >= 4 is 17.5 Å². The molecule has 1 aliphatic carbocycles. The zero-order valence-electron chi connectivity index (χ0n) is 17.8. The highest BCUT2D eigenvalue weighted by Gasteiger charge is 2.35. The lowest BCUT2D eigenvalue weighted by molar-refractivity contribution is -0.143. The van der Waals surface area contributed by atoms with Gasteiger partial charge in [0, 0.05) is 25.8 Å². The smallest absolute Gasteiger partial charge is 0.286 e. The molecule has 4 aliphatic rings. The van der Waals surface area contributed by atoms with Crippen LogP contribution in [0.2, 0.25) is 0 Å². The van der Waals surface area contributed by atoms with Gasteiger partial charge in [-0.1, -0.05) is 0 Å². The number of hydrogen-bond donors (Lipinski definition) is 2. The van der Waals surface area contributed by atoms with Crippen molar-refractivity contribution in [1.29, 1.82) is 0 Å². The average molecular weight is 430 g/mol. The predicted octanol–water partition coefficient (Wildman–Crippen LogP) is 1.13. The van der Waals surface area contributed by atoms with Crippen LogP contribution < -0.4 is 10.7 Å². The Morgan fingerprint density at radius 2 is 1.84 bits per heavy atom. The molecule has 5 rings (SSSR count). The van der Waals surface area contributed by atoms with Gasteiger partial charge in [-0.3, -0.25) is 15.0 Å². The van der Waals surface area contributed by atoms with Crippen molar-refractivity contribution in [2.24, 2.45) is 0 Å². The summed E-state index contributed by atoms with van der Waals surface area (Å²) in [5.41, 5.74) is 5.31. The zero-order valence-corrected chi connectivity index (χ0v) is 17.8. The van der Waals surface area contributed by atoms with E-state index in [1.54, 1.807) is 0 Å². The van der Waals surface area contributed by atoms with Crippen molar-refractivity contribution in [3.63, 3.8) is 0 Å². The van der Waals surface area contributed by atoms with Crippen molar-refractivity contribution in [3.05, 3.63) is 23.5 Å². The summed E-state index contributed by atoms with van der Waals surface area (Å²) < 4.78 is 10.6. The third kappa shape index (κ3) is 4.68. The largest absolute Gasteiger partial charge is 0.378 e. The van der Waals surface area contributed by atoms with E-state index in [2.05, 4.69) is 21.8 Å². The Morgan fingerprint density at radius 1 is 1.03 bits per heavy atom. The summed E-state index contributed by atoms with van der Waals surface area (Å²) in [6.07, 6.45) is 6.86. The van der Waals surface area contributed by atoms with Gasteiger partial charge in [0.15, 0.2) is 5.69 Å². The molecule has 3 aliphatic heterocycles. The summed E-state index contributed by atoms with van der Waals surface area (Å²) in [6, 6.07) is 1.93. The van der Waals surface area contributed by atoms with E-state index in [-0.39, 0.29) is 23.9 Å². The fraction of sp³-hybridized carbons (Fsp3) is 0.682. The Bertz CT molecular complexity index is 820. The number of piperidine rings is 1. The van der Waals surface area contributed by atoms with E-state index >= 15 is 0 Å². The molecule has 2 N–H and O–H groups in total. The van der Waals surface area contributed by atoms with Crippen LogP contribution in [0, 0.1) is 0 Å². The maximum absolute atomic E-state index is 13.2. The van der Waals surface area contributed by atoms with Crippen molar-refractivity contribution in [2.45, 2.75) is 50.1 Å². The lowest BCUT2D eigenvalue weighted by atomic mass is 10.0.